The van der Waals surface area contributed by atoms with E-state index in [1.165, 1.54) is 0 Å². The van der Waals surface area contributed by atoms with Gasteiger partial charge in [-0.2, -0.15) is 0 Å². The van der Waals surface area contributed by atoms with Gasteiger partial charge in [0.1, 0.15) is 11.6 Å². The average molecular weight is 260 g/mol. The van der Waals surface area contributed by atoms with Gasteiger partial charge in [0.2, 0.25) is 0 Å². The number of carbonyl (C=O) groups excluding carboxylic acids is 2. The van der Waals surface area contributed by atoms with Crippen LogP contribution < -0.4 is 0 Å². The topological polar surface area (TPSA) is 43.4 Å². The van der Waals surface area contributed by atoms with Gasteiger partial charge in [-0.3, -0.25) is 9.59 Å². The summed E-state index contributed by atoms with van der Waals surface area (Å²) < 4.78 is 6.52. The number of ether oxygens (including phenoxy) is 1. The largest absolute Gasteiger partial charge is 0.366 e. The first-order chi connectivity index (χ1) is 8.81. The molecule has 5 fully saturated rings. The van der Waals surface area contributed by atoms with Crippen LogP contribution in [0, 0.1) is 28.6 Å². The smallest absolute Gasteiger partial charge is 0.145 e. The molecule has 2 aliphatic heterocycles. The summed E-state index contributed by atoms with van der Waals surface area (Å²) in [5.41, 5.74) is -1.02. The Kier molecular flexibility index (Phi) is 1.42. The standard InChI is InChI=1S/C16H20O3/c1-13(2)9-4-5-14(3)7-11(18)15-10(13)6-8(17)12(15)16(9,15)19-14/h9-10,12H,4-7H2,1-3H3/t9-,10-,12-,14+,15-,16-/m0/s1. The third-order valence-corrected chi connectivity index (χ3v) is 7.41. The molecule has 0 aromatic rings. The number of hydrogen-bond acceptors (Lipinski definition) is 3. The van der Waals surface area contributed by atoms with E-state index < -0.39 is 11.0 Å². The number of fused-ring (bicyclic) bond motifs is 1. The summed E-state index contributed by atoms with van der Waals surface area (Å²) in [6.07, 6.45) is 3.23. The fraction of sp³-hybridized carbons (Fsp3) is 0.875. The molecule has 19 heavy (non-hydrogen) atoms. The van der Waals surface area contributed by atoms with Crippen LogP contribution in [0.2, 0.25) is 0 Å². The Bertz CT molecular complexity index is 564. The normalized spacial score (nSPS) is 63.2. The molecule has 3 heteroatoms. The molecule has 3 aliphatic carbocycles. The Morgan fingerprint density at radius 2 is 1.89 bits per heavy atom. The van der Waals surface area contributed by atoms with E-state index in [1.54, 1.807) is 0 Å². The van der Waals surface area contributed by atoms with Crippen LogP contribution in [0.4, 0.5) is 0 Å². The van der Waals surface area contributed by atoms with E-state index in [0.717, 1.165) is 12.8 Å². The zero-order chi connectivity index (χ0) is 13.4. The summed E-state index contributed by atoms with van der Waals surface area (Å²) in [6, 6.07) is 0. The van der Waals surface area contributed by atoms with Gasteiger partial charge in [-0.05, 0) is 37.0 Å². The highest BCUT2D eigenvalue weighted by atomic mass is 16.5. The van der Waals surface area contributed by atoms with Crippen LogP contribution >= 0.6 is 0 Å². The Morgan fingerprint density at radius 3 is 2.63 bits per heavy atom. The van der Waals surface area contributed by atoms with Gasteiger partial charge in [0.15, 0.2) is 0 Å². The van der Waals surface area contributed by atoms with Gasteiger partial charge in [-0.15, -0.1) is 0 Å². The van der Waals surface area contributed by atoms with Gasteiger partial charge in [0.05, 0.1) is 22.5 Å². The molecule has 0 N–H and O–H groups in total. The summed E-state index contributed by atoms with van der Waals surface area (Å²) >= 11 is 0. The molecule has 6 atom stereocenters. The van der Waals surface area contributed by atoms with Gasteiger partial charge in [-0.25, -0.2) is 0 Å². The Labute approximate surface area is 113 Å². The summed E-state index contributed by atoms with van der Waals surface area (Å²) in [6.45, 7) is 6.60. The molecule has 102 valence electrons. The fourth-order valence-electron chi connectivity index (χ4n) is 6.97. The minimum Gasteiger partial charge on any atom is -0.366 e. The Balaban J connectivity index is 1.82. The van der Waals surface area contributed by atoms with E-state index in [4.69, 9.17) is 4.74 Å². The van der Waals surface area contributed by atoms with E-state index >= 15 is 0 Å². The van der Waals surface area contributed by atoms with Gasteiger partial charge in [0.25, 0.3) is 0 Å². The first-order valence-electron chi connectivity index (χ1n) is 7.57. The molecule has 0 amide bonds. The van der Waals surface area contributed by atoms with Crippen molar-refractivity contribution in [1.82, 2.24) is 0 Å². The molecule has 0 aromatic heterocycles. The molecule has 2 spiro atoms. The van der Waals surface area contributed by atoms with Crippen LogP contribution in [0.1, 0.15) is 46.5 Å². The van der Waals surface area contributed by atoms with Crippen LogP contribution in [0.15, 0.2) is 0 Å². The van der Waals surface area contributed by atoms with Crippen molar-refractivity contribution in [2.24, 2.45) is 28.6 Å². The molecule has 3 saturated carbocycles. The van der Waals surface area contributed by atoms with E-state index in [-0.39, 0.29) is 22.9 Å². The van der Waals surface area contributed by atoms with Crippen molar-refractivity contribution in [2.45, 2.75) is 57.7 Å². The van der Waals surface area contributed by atoms with Gasteiger partial charge in [-0.1, -0.05) is 13.8 Å². The highest BCUT2D eigenvalue weighted by Crippen LogP contribution is 2.90. The fourth-order valence-corrected chi connectivity index (χ4v) is 6.97. The summed E-state index contributed by atoms with van der Waals surface area (Å²) in [5, 5.41) is 0. The number of rotatable bonds is 0. The van der Waals surface area contributed by atoms with Crippen molar-refractivity contribution in [3.8, 4) is 0 Å². The van der Waals surface area contributed by atoms with E-state index in [2.05, 4.69) is 20.8 Å². The van der Waals surface area contributed by atoms with Gasteiger partial charge < -0.3 is 4.74 Å². The number of Topliss-reactive ketones (excluding diaryl/α,β-unsaturated/α-hetero) is 2. The predicted molar refractivity (Wildman–Crippen MR) is 67.4 cm³/mol. The molecular weight excluding hydrogens is 240 g/mol. The van der Waals surface area contributed by atoms with Crippen molar-refractivity contribution in [3.63, 3.8) is 0 Å². The van der Waals surface area contributed by atoms with Gasteiger partial charge in [0, 0.05) is 12.8 Å². The second kappa shape index (κ2) is 2.45. The van der Waals surface area contributed by atoms with Crippen LogP contribution in [0.25, 0.3) is 0 Å². The average Bonchev–Trinajstić information content (AvgIpc) is 2.65. The van der Waals surface area contributed by atoms with Crippen molar-refractivity contribution >= 4 is 11.6 Å². The minimum atomic E-state index is -0.405. The number of ketones is 2. The molecule has 0 aromatic carbocycles. The SMILES string of the molecule is CC1(C)[C@@H]2CC[C@]3(C)CC(=O)[C@]45[C@H](C(=O)C[C@@H]14)[C@@]25O3. The van der Waals surface area contributed by atoms with Crippen LogP contribution in [-0.4, -0.2) is 22.8 Å². The third kappa shape index (κ3) is 0.754. The molecule has 0 radical (unpaired) electrons. The number of carbonyl (C=O) groups is 2. The minimum absolute atomic E-state index is 0.0734. The molecule has 2 bridgehead atoms. The molecule has 2 heterocycles. The van der Waals surface area contributed by atoms with Crippen molar-refractivity contribution in [1.29, 1.82) is 0 Å². The first kappa shape index (κ1) is 11.0. The summed E-state index contributed by atoms with van der Waals surface area (Å²) in [4.78, 5) is 25.3. The molecule has 2 saturated heterocycles. The molecule has 5 aliphatic rings. The maximum atomic E-state index is 12.9. The lowest BCUT2D eigenvalue weighted by atomic mass is 9.68. The van der Waals surface area contributed by atoms with E-state index in [1.807, 2.05) is 0 Å². The lowest BCUT2D eigenvalue weighted by Gasteiger charge is -2.48. The quantitative estimate of drug-likeness (QED) is 0.670. The Morgan fingerprint density at radius 1 is 1.16 bits per heavy atom. The third-order valence-electron chi connectivity index (χ3n) is 7.41. The highest BCUT2D eigenvalue weighted by Gasteiger charge is 2.99. The molecule has 3 nitrogen and oxygen atoms in total. The van der Waals surface area contributed by atoms with Crippen LogP contribution in [-0.2, 0) is 14.3 Å². The van der Waals surface area contributed by atoms with Crippen molar-refractivity contribution in [3.05, 3.63) is 0 Å². The maximum Gasteiger partial charge on any atom is 0.145 e. The van der Waals surface area contributed by atoms with E-state index in [0.29, 0.717) is 30.3 Å². The zero-order valence-electron chi connectivity index (χ0n) is 11.8. The van der Waals surface area contributed by atoms with Gasteiger partial charge >= 0.3 is 0 Å². The van der Waals surface area contributed by atoms with E-state index in [9.17, 15) is 9.59 Å². The maximum absolute atomic E-state index is 12.9. The summed E-state index contributed by atoms with van der Waals surface area (Å²) in [5.74, 6) is 1.20. The lowest BCUT2D eigenvalue weighted by molar-refractivity contribution is -0.201. The Hall–Kier alpha value is -0.700. The molecule has 5 rings (SSSR count). The first-order valence-corrected chi connectivity index (χ1v) is 7.57. The predicted octanol–water partition coefficient (Wildman–Crippen LogP) is 2.13. The van der Waals surface area contributed by atoms with Crippen molar-refractivity contribution < 1.29 is 14.3 Å². The molecule has 0 unspecified atom stereocenters. The second-order valence-electron chi connectivity index (χ2n) is 8.38. The van der Waals surface area contributed by atoms with Crippen LogP contribution in [0.5, 0.6) is 0 Å². The zero-order valence-corrected chi connectivity index (χ0v) is 11.8. The highest BCUT2D eigenvalue weighted by molar-refractivity contribution is 6.07. The van der Waals surface area contributed by atoms with Crippen molar-refractivity contribution in [2.75, 3.05) is 0 Å². The monoisotopic (exact) mass is 260 g/mol. The second-order valence-corrected chi connectivity index (χ2v) is 8.38. The summed E-state index contributed by atoms with van der Waals surface area (Å²) in [7, 11) is 0. The van der Waals surface area contributed by atoms with Crippen LogP contribution in [0.3, 0.4) is 0 Å². The molecular formula is C16H20O3. The number of hydrogen-bond donors (Lipinski definition) is 0. The lowest BCUT2D eigenvalue weighted by Crippen LogP contribution is -2.53.